The van der Waals surface area contributed by atoms with E-state index in [4.69, 9.17) is 4.99 Å². The lowest BCUT2D eigenvalue weighted by Gasteiger charge is -2.57. The van der Waals surface area contributed by atoms with E-state index in [1.54, 1.807) is 5.56 Å². The summed E-state index contributed by atoms with van der Waals surface area (Å²) in [6, 6.07) is 21.7. The summed E-state index contributed by atoms with van der Waals surface area (Å²) < 4.78 is 3.25. The second-order valence-electron chi connectivity index (χ2n) is 9.79. The maximum Gasteiger partial charge on any atom is 0.0639 e. The van der Waals surface area contributed by atoms with Gasteiger partial charge in [-0.3, -0.25) is 4.99 Å². The Bertz CT molecular complexity index is 1060. The Hall–Kier alpha value is -2.13. The van der Waals surface area contributed by atoms with Gasteiger partial charge in [-0.15, -0.1) is 0 Å². The predicted molar refractivity (Wildman–Crippen MR) is 127 cm³/mol. The topological polar surface area (TPSA) is 17.3 Å². The van der Waals surface area contributed by atoms with Crippen molar-refractivity contribution in [2.75, 3.05) is 0 Å². The molecule has 0 N–H and O–H groups in total. The number of rotatable bonds is 4. The molecule has 2 nitrogen and oxygen atoms in total. The Labute approximate surface area is 187 Å². The molecule has 4 aliphatic carbocycles. The fourth-order valence-corrected chi connectivity index (χ4v) is 7.25. The zero-order chi connectivity index (χ0) is 20.1. The molecule has 7 rings (SSSR count). The molecular formula is C27H27BrN2. The summed E-state index contributed by atoms with van der Waals surface area (Å²) in [4.78, 5) is 4.79. The zero-order valence-electron chi connectivity index (χ0n) is 17.2. The third-order valence-corrected chi connectivity index (χ3v) is 8.22. The Balaban J connectivity index is 1.23. The molecule has 0 unspecified atom stereocenters. The van der Waals surface area contributed by atoms with Gasteiger partial charge in [-0.2, -0.15) is 0 Å². The molecule has 0 amide bonds. The number of benzene rings is 2. The summed E-state index contributed by atoms with van der Waals surface area (Å²) in [5, 5.41) is 0. The fraction of sp³-hybridized carbons (Fsp3) is 0.370. The predicted octanol–water partition coefficient (Wildman–Crippen LogP) is 7.46. The molecule has 0 spiro atoms. The molecule has 0 atom stereocenters. The summed E-state index contributed by atoms with van der Waals surface area (Å²) in [7, 11) is 0. The van der Waals surface area contributed by atoms with E-state index in [0.29, 0.717) is 5.41 Å². The fourth-order valence-electron chi connectivity index (χ4n) is 6.87. The maximum absolute atomic E-state index is 4.79. The van der Waals surface area contributed by atoms with E-state index >= 15 is 0 Å². The lowest BCUT2D eigenvalue weighted by molar-refractivity contribution is -0.00518. The van der Waals surface area contributed by atoms with Crippen LogP contribution < -0.4 is 0 Å². The summed E-state index contributed by atoms with van der Waals surface area (Å²) in [5.41, 5.74) is 5.28. The molecule has 0 aliphatic heterocycles. The lowest BCUT2D eigenvalue weighted by atomic mass is 9.48. The van der Waals surface area contributed by atoms with Crippen LogP contribution in [-0.4, -0.2) is 10.8 Å². The molecule has 3 heteroatoms. The van der Waals surface area contributed by atoms with Gasteiger partial charge in [-0.05, 0) is 110 Å². The number of hydrogen-bond donors (Lipinski definition) is 0. The van der Waals surface area contributed by atoms with Gasteiger partial charge in [0, 0.05) is 16.4 Å². The highest BCUT2D eigenvalue weighted by Crippen LogP contribution is 2.60. The summed E-state index contributed by atoms with van der Waals surface area (Å²) in [6.07, 6.45) is 12.8. The first-order chi connectivity index (χ1) is 14.7. The normalized spacial score (nSPS) is 29.7. The molecular weight excluding hydrogens is 432 g/mol. The molecule has 4 bridgehead atoms. The van der Waals surface area contributed by atoms with Gasteiger partial charge >= 0.3 is 0 Å². The van der Waals surface area contributed by atoms with Gasteiger partial charge in [0.05, 0.1) is 17.6 Å². The smallest absolute Gasteiger partial charge is 0.0639 e. The molecule has 4 saturated carbocycles. The highest BCUT2D eigenvalue weighted by atomic mass is 79.9. The second-order valence-corrected chi connectivity index (χ2v) is 10.7. The molecule has 1 heterocycles. The summed E-state index contributed by atoms with van der Waals surface area (Å²) >= 11 is 3.56. The van der Waals surface area contributed by atoms with Gasteiger partial charge < -0.3 is 4.57 Å². The van der Waals surface area contributed by atoms with Crippen molar-refractivity contribution in [2.45, 2.75) is 43.9 Å². The average Bonchev–Trinajstić information content (AvgIpc) is 3.20. The van der Waals surface area contributed by atoms with Crippen LogP contribution in [0.15, 0.2) is 76.3 Å². The van der Waals surface area contributed by atoms with Gasteiger partial charge in [0.1, 0.15) is 0 Å². The number of halogens is 1. The van der Waals surface area contributed by atoms with Crippen LogP contribution in [0.2, 0.25) is 0 Å². The molecule has 0 radical (unpaired) electrons. The Kier molecular flexibility index (Phi) is 4.49. The summed E-state index contributed by atoms with van der Waals surface area (Å²) in [6.45, 7) is 0. The first kappa shape index (κ1) is 18.6. The first-order valence-corrected chi connectivity index (χ1v) is 12.0. The third kappa shape index (κ3) is 3.28. The van der Waals surface area contributed by atoms with E-state index in [9.17, 15) is 0 Å². The van der Waals surface area contributed by atoms with Gasteiger partial charge in [-0.1, -0.05) is 34.1 Å². The van der Waals surface area contributed by atoms with Crippen LogP contribution in [0.4, 0.5) is 5.69 Å². The minimum absolute atomic E-state index is 0.465. The lowest BCUT2D eigenvalue weighted by Crippen LogP contribution is -2.48. The molecule has 1 aromatic heterocycles. The second kappa shape index (κ2) is 7.23. The quantitative estimate of drug-likeness (QED) is 0.361. The largest absolute Gasteiger partial charge is 0.316 e. The Morgan fingerprint density at radius 2 is 1.57 bits per heavy atom. The molecule has 0 saturated heterocycles. The standard InChI is InChI=1S/C27H27BrN2/c28-23-3-1-4-25(14-23)30-10-2-5-26(30)18-29-24-8-6-22(7-9-24)27-15-19-11-20(16-27)13-21(12-19)17-27/h1-10,14,18-21H,11-13,15-17H2. The van der Waals surface area contributed by atoms with Crippen LogP contribution in [0.25, 0.3) is 5.69 Å². The van der Waals surface area contributed by atoms with Crippen LogP contribution >= 0.6 is 15.9 Å². The Morgan fingerprint density at radius 1 is 0.867 bits per heavy atom. The highest BCUT2D eigenvalue weighted by molar-refractivity contribution is 9.10. The van der Waals surface area contributed by atoms with E-state index in [-0.39, 0.29) is 0 Å². The summed E-state index contributed by atoms with van der Waals surface area (Å²) in [5.74, 6) is 2.96. The molecule has 3 aromatic rings. The highest BCUT2D eigenvalue weighted by Gasteiger charge is 2.51. The van der Waals surface area contributed by atoms with Gasteiger partial charge in [0.15, 0.2) is 0 Å². The van der Waals surface area contributed by atoms with E-state index < -0.39 is 0 Å². The molecule has 30 heavy (non-hydrogen) atoms. The van der Waals surface area contributed by atoms with Gasteiger partial charge in [-0.25, -0.2) is 0 Å². The van der Waals surface area contributed by atoms with Crippen LogP contribution in [0, 0.1) is 17.8 Å². The molecule has 4 fully saturated rings. The van der Waals surface area contributed by atoms with Crippen molar-refractivity contribution in [2.24, 2.45) is 22.7 Å². The minimum atomic E-state index is 0.465. The van der Waals surface area contributed by atoms with Crippen molar-refractivity contribution in [3.8, 4) is 5.69 Å². The number of aromatic nitrogens is 1. The van der Waals surface area contributed by atoms with Crippen LogP contribution in [-0.2, 0) is 5.41 Å². The van der Waals surface area contributed by atoms with E-state index in [0.717, 1.165) is 39.3 Å². The van der Waals surface area contributed by atoms with Crippen molar-refractivity contribution in [1.29, 1.82) is 0 Å². The van der Waals surface area contributed by atoms with Crippen molar-refractivity contribution in [3.63, 3.8) is 0 Å². The van der Waals surface area contributed by atoms with Gasteiger partial charge in [0.25, 0.3) is 0 Å². The monoisotopic (exact) mass is 458 g/mol. The third-order valence-electron chi connectivity index (χ3n) is 7.73. The van der Waals surface area contributed by atoms with E-state index in [1.165, 1.54) is 38.5 Å². The van der Waals surface area contributed by atoms with Crippen LogP contribution in [0.1, 0.15) is 49.8 Å². The van der Waals surface area contributed by atoms with Gasteiger partial charge in [0.2, 0.25) is 0 Å². The zero-order valence-corrected chi connectivity index (χ0v) is 18.8. The number of nitrogens with zero attached hydrogens (tertiary/aromatic N) is 2. The SMILES string of the molecule is Brc1cccc(-n2cccc2C=Nc2ccc(C34CC5CC(CC(C5)C3)C4)cc2)c1. The van der Waals surface area contributed by atoms with E-state index in [1.807, 2.05) is 12.3 Å². The first-order valence-electron chi connectivity index (χ1n) is 11.2. The van der Waals surface area contributed by atoms with Crippen LogP contribution in [0.3, 0.4) is 0 Å². The molecule has 2 aromatic carbocycles. The minimum Gasteiger partial charge on any atom is -0.316 e. The number of hydrogen-bond acceptors (Lipinski definition) is 1. The van der Waals surface area contributed by atoms with Crippen molar-refractivity contribution < 1.29 is 0 Å². The molecule has 4 aliphatic rings. The molecule has 152 valence electrons. The van der Waals surface area contributed by atoms with Crippen LogP contribution in [0.5, 0.6) is 0 Å². The average molecular weight is 459 g/mol. The van der Waals surface area contributed by atoms with E-state index in [2.05, 4.69) is 81.3 Å². The number of aliphatic imine (C=N–C) groups is 1. The van der Waals surface area contributed by atoms with Crippen molar-refractivity contribution in [1.82, 2.24) is 4.57 Å². The van der Waals surface area contributed by atoms with Crippen molar-refractivity contribution in [3.05, 3.63) is 82.6 Å². The van der Waals surface area contributed by atoms with Crippen molar-refractivity contribution >= 4 is 27.8 Å². The Morgan fingerprint density at radius 3 is 2.23 bits per heavy atom. The maximum atomic E-state index is 4.79.